The van der Waals surface area contributed by atoms with Crippen molar-refractivity contribution >= 4 is 11.6 Å². The zero-order chi connectivity index (χ0) is 14.4. The third-order valence-electron chi connectivity index (χ3n) is 3.31. The summed E-state index contributed by atoms with van der Waals surface area (Å²) in [5, 5.41) is 4.31. The Morgan fingerprint density at radius 1 is 1.16 bits per heavy atom. The van der Waals surface area contributed by atoms with Crippen LogP contribution in [-0.2, 0) is 0 Å². The number of benzene rings is 1. The number of nitrogens with one attached hydrogen (secondary N) is 1. The monoisotopic (exact) mass is 283 g/mol. The number of hydrogen-bond acceptors (Lipinski definition) is 2. The molecule has 19 heavy (non-hydrogen) atoms. The Bertz CT molecular complexity index is 390. The van der Waals surface area contributed by atoms with Gasteiger partial charge < -0.3 is 10.1 Å². The molecule has 0 aliphatic heterocycles. The Balaban J connectivity index is 2.89. The molecule has 108 valence electrons. The second-order valence-electron chi connectivity index (χ2n) is 5.79. The number of ether oxygens (including phenoxy) is 1. The SMILES string of the molecule is COc1ccc(Cl)cc1C(CNCC(C)C)C(C)C. The summed E-state index contributed by atoms with van der Waals surface area (Å²) < 4.78 is 5.47. The van der Waals surface area contributed by atoms with Gasteiger partial charge in [-0.25, -0.2) is 0 Å². The Labute approximate surface area is 122 Å². The molecule has 0 radical (unpaired) electrons. The van der Waals surface area contributed by atoms with E-state index < -0.39 is 0 Å². The van der Waals surface area contributed by atoms with Gasteiger partial charge in [-0.05, 0) is 36.6 Å². The van der Waals surface area contributed by atoms with E-state index in [1.807, 2.05) is 18.2 Å². The van der Waals surface area contributed by atoms with E-state index in [0.717, 1.165) is 23.9 Å². The maximum atomic E-state index is 6.13. The molecule has 0 heterocycles. The third-order valence-corrected chi connectivity index (χ3v) is 3.55. The second-order valence-corrected chi connectivity index (χ2v) is 6.23. The average Bonchev–Trinajstić information content (AvgIpc) is 2.34. The first kappa shape index (κ1) is 16.3. The Kier molecular flexibility index (Phi) is 6.67. The fraction of sp³-hybridized carbons (Fsp3) is 0.625. The highest BCUT2D eigenvalue weighted by Crippen LogP contribution is 2.33. The normalized spacial score (nSPS) is 13.1. The van der Waals surface area contributed by atoms with Gasteiger partial charge >= 0.3 is 0 Å². The topological polar surface area (TPSA) is 21.3 Å². The van der Waals surface area contributed by atoms with Gasteiger partial charge in [0.05, 0.1) is 7.11 Å². The quantitative estimate of drug-likeness (QED) is 0.804. The maximum absolute atomic E-state index is 6.13. The molecule has 1 rings (SSSR count). The minimum absolute atomic E-state index is 0.410. The Hall–Kier alpha value is -0.730. The molecule has 0 aromatic heterocycles. The van der Waals surface area contributed by atoms with Crippen LogP contribution in [-0.4, -0.2) is 20.2 Å². The Morgan fingerprint density at radius 3 is 2.37 bits per heavy atom. The smallest absolute Gasteiger partial charge is 0.122 e. The van der Waals surface area contributed by atoms with Crippen molar-refractivity contribution in [2.45, 2.75) is 33.6 Å². The molecular weight excluding hydrogens is 258 g/mol. The first-order chi connectivity index (χ1) is 8.95. The molecule has 0 saturated heterocycles. The first-order valence-electron chi connectivity index (χ1n) is 6.99. The lowest BCUT2D eigenvalue weighted by atomic mass is 9.87. The molecule has 1 aromatic carbocycles. The van der Waals surface area contributed by atoms with Gasteiger partial charge in [-0.1, -0.05) is 39.3 Å². The number of methoxy groups -OCH3 is 1. The van der Waals surface area contributed by atoms with E-state index in [1.165, 1.54) is 5.56 Å². The van der Waals surface area contributed by atoms with E-state index in [2.05, 4.69) is 33.0 Å². The minimum Gasteiger partial charge on any atom is -0.496 e. The summed E-state index contributed by atoms with van der Waals surface area (Å²) in [6.07, 6.45) is 0. The highest BCUT2D eigenvalue weighted by Gasteiger charge is 2.20. The third kappa shape index (κ3) is 5.04. The molecule has 0 aliphatic carbocycles. The summed E-state index contributed by atoms with van der Waals surface area (Å²) >= 11 is 6.13. The summed E-state index contributed by atoms with van der Waals surface area (Å²) in [6.45, 7) is 10.9. The van der Waals surface area contributed by atoms with Gasteiger partial charge in [0, 0.05) is 23.0 Å². The highest BCUT2D eigenvalue weighted by molar-refractivity contribution is 6.30. The Morgan fingerprint density at radius 2 is 1.84 bits per heavy atom. The molecule has 1 N–H and O–H groups in total. The molecule has 0 bridgehead atoms. The van der Waals surface area contributed by atoms with Gasteiger partial charge in [-0.3, -0.25) is 0 Å². The van der Waals surface area contributed by atoms with Gasteiger partial charge in [0.2, 0.25) is 0 Å². The van der Waals surface area contributed by atoms with Gasteiger partial charge in [-0.15, -0.1) is 0 Å². The second kappa shape index (κ2) is 7.76. The highest BCUT2D eigenvalue weighted by atomic mass is 35.5. The van der Waals surface area contributed by atoms with Crippen molar-refractivity contribution < 1.29 is 4.74 Å². The zero-order valence-corrected chi connectivity index (χ0v) is 13.4. The van der Waals surface area contributed by atoms with Crippen molar-refractivity contribution in [3.05, 3.63) is 28.8 Å². The van der Waals surface area contributed by atoms with Gasteiger partial charge in [0.25, 0.3) is 0 Å². The molecule has 0 aliphatic rings. The van der Waals surface area contributed by atoms with Gasteiger partial charge in [0.15, 0.2) is 0 Å². The van der Waals surface area contributed by atoms with Crippen LogP contribution in [0.25, 0.3) is 0 Å². The molecular formula is C16H26ClNO. The number of hydrogen-bond donors (Lipinski definition) is 1. The predicted octanol–water partition coefficient (Wildman–Crippen LogP) is 4.33. The van der Waals surface area contributed by atoms with E-state index >= 15 is 0 Å². The fourth-order valence-corrected chi connectivity index (χ4v) is 2.41. The van der Waals surface area contributed by atoms with Crippen molar-refractivity contribution in [3.63, 3.8) is 0 Å². The van der Waals surface area contributed by atoms with Crippen LogP contribution in [0.15, 0.2) is 18.2 Å². The van der Waals surface area contributed by atoms with Crippen molar-refractivity contribution in [3.8, 4) is 5.75 Å². The first-order valence-corrected chi connectivity index (χ1v) is 7.37. The van der Waals surface area contributed by atoms with E-state index in [0.29, 0.717) is 17.8 Å². The summed E-state index contributed by atoms with van der Waals surface area (Å²) in [7, 11) is 1.71. The standard InChI is InChI=1S/C16H26ClNO/c1-11(2)9-18-10-15(12(3)4)14-8-13(17)6-7-16(14)19-5/h6-8,11-12,15,18H,9-10H2,1-5H3. The van der Waals surface area contributed by atoms with E-state index in [9.17, 15) is 0 Å². The molecule has 0 saturated carbocycles. The molecule has 0 amide bonds. The van der Waals surface area contributed by atoms with Gasteiger partial charge in [0.1, 0.15) is 5.75 Å². The van der Waals surface area contributed by atoms with E-state index in [-0.39, 0.29) is 0 Å². The summed E-state index contributed by atoms with van der Waals surface area (Å²) in [5.41, 5.74) is 1.20. The molecule has 3 heteroatoms. The number of halogens is 1. The maximum Gasteiger partial charge on any atom is 0.122 e. The van der Waals surface area contributed by atoms with Crippen molar-refractivity contribution in [2.24, 2.45) is 11.8 Å². The van der Waals surface area contributed by atoms with Crippen LogP contribution >= 0.6 is 11.6 Å². The molecule has 1 unspecified atom stereocenters. The van der Waals surface area contributed by atoms with Crippen LogP contribution in [0.1, 0.15) is 39.2 Å². The summed E-state index contributed by atoms with van der Waals surface area (Å²) in [5.74, 6) is 2.53. The average molecular weight is 284 g/mol. The molecule has 2 nitrogen and oxygen atoms in total. The lowest BCUT2D eigenvalue weighted by Gasteiger charge is -2.24. The van der Waals surface area contributed by atoms with Crippen molar-refractivity contribution in [1.29, 1.82) is 0 Å². The zero-order valence-electron chi connectivity index (χ0n) is 12.7. The van der Waals surface area contributed by atoms with Crippen molar-refractivity contribution in [2.75, 3.05) is 20.2 Å². The lowest BCUT2D eigenvalue weighted by molar-refractivity contribution is 0.386. The molecule has 0 fully saturated rings. The van der Waals surface area contributed by atoms with Crippen LogP contribution < -0.4 is 10.1 Å². The summed E-state index contributed by atoms with van der Waals surface area (Å²) in [6, 6.07) is 5.86. The minimum atomic E-state index is 0.410. The van der Waals surface area contributed by atoms with E-state index in [1.54, 1.807) is 7.11 Å². The predicted molar refractivity (Wildman–Crippen MR) is 83.3 cm³/mol. The molecule has 1 atom stereocenters. The van der Waals surface area contributed by atoms with Gasteiger partial charge in [-0.2, -0.15) is 0 Å². The van der Waals surface area contributed by atoms with Crippen LogP contribution in [0, 0.1) is 11.8 Å². The van der Waals surface area contributed by atoms with Crippen molar-refractivity contribution in [1.82, 2.24) is 5.32 Å². The lowest BCUT2D eigenvalue weighted by Crippen LogP contribution is -2.28. The molecule has 0 spiro atoms. The summed E-state index contributed by atoms with van der Waals surface area (Å²) in [4.78, 5) is 0. The largest absolute Gasteiger partial charge is 0.496 e. The van der Waals surface area contributed by atoms with Crippen LogP contribution in [0.3, 0.4) is 0 Å². The fourth-order valence-electron chi connectivity index (χ4n) is 2.23. The number of rotatable bonds is 7. The van der Waals surface area contributed by atoms with Crippen LogP contribution in [0.5, 0.6) is 5.75 Å². The van der Waals surface area contributed by atoms with Crippen LogP contribution in [0.4, 0.5) is 0 Å². The van der Waals surface area contributed by atoms with Crippen LogP contribution in [0.2, 0.25) is 5.02 Å². The van der Waals surface area contributed by atoms with E-state index in [4.69, 9.17) is 16.3 Å². The molecule has 1 aromatic rings.